The number of non-ortho nitro benzene ring substituents is 1. The Morgan fingerprint density at radius 2 is 2.17 bits per heavy atom. The van der Waals surface area contributed by atoms with Gasteiger partial charge in [-0.1, -0.05) is 11.6 Å². The molecular weight excluding hydrogens is 310 g/mol. The van der Waals surface area contributed by atoms with Gasteiger partial charge in [0.15, 0.2) is 0 Å². The third kappa shape index (κ3) is 3.66. The maximum absolute atomic E-state index is 12.2. The Kier molecular flexibility index (Phi) is 4.66. The third-order valence-corrected chi connectivity index (χ3v) is 3.80. The number of hydrogen-bond donors (Lipinski definition) is 2. The molecule has 124 valence electrons. The molecule has 2 N–H and O–H groups in total. The van der Waals surface area contributed by atoms with Gasteiger partial charge >= 0.3 is 0 Å². The van der Waals surface area contributed by atoms with Crippen molar-refractivity contribution >= 4 is 11.6 Å². The molecule has 8 nitrogen and oxygen atoms in total. The Labute approximate surface area is 138 Å². The lowest BCUT2D eigenvalue weighted by Crippen LogP contribution is -2.29. The van der Waals surface area contributed by atoms with Crippen molar-refractivity contribution in [2.45, 2.75) is 6.42 Å². The van der Waals surface area contributed by atoms with E-state index in [9.17, 15) is 14.9 Å². The van der Waals surface area contributed by atoms with Gasteiger partial charge in [0.2, 0.25) is 0 Å². The summed E-state index contributed by atoms with van der Waals surface area (Å²) in [6.45, 7) is 2.30. The summed E-state index contributed by atoms with van der Waals surface area (Å²) in [6.07, 6.45) is 6.10. The molecule has 0 atom stereocenters. The monoisotopic (exact) mass is 327 g/mol. The van der Waals surface area contributed by atoms with Gasteiger partial charge in [-0.2, -0.15) is 5.10 Å². The maximum Gasteiger partial charge on any atom is 0.269 e. The SMILES string of the molecule is O=C(NCC1=CCNCC1)c1cnn(-c2ccc([N+](=O)[O-])cc2)c1. The highest BCUT2D eigenvalue weighted by Crippen LogP contribution is 2.15. The van der Waals surface area contributed by atoms with Crippen LogP contribution in [-0.2, 0) is 0 Å². The van der Waals surface area contributed by atoms with Crippen LogP contribution < -0.4 is 10.6 Å². The molecule has 0 spiro atoms. The summed E-state index contributed by atoms with van der Waals surface area (Å²) < 4.78 is 1.52. The van der Waals surface area contributed by atoms with Crippen molar-refractivity contribution in [3.63, 3.8) is 0 Å². The molecule has 2 aromatic rings. The Balaban J connectivity index is 1.64. The summed E-state index contributed by atoms with van der Waals surface area (Å²) in [5, 5.41) is 20.9. The molecule has 0 radical (unpaired) electrons. The van der Waals surface area contributed by atoms with E-state index in [0.717, 1.165) is 19.5 Å². The Hall–Kier alpha value is -3.00. The molecule has 24 heavy (non-hydrogen) atoms. The molecular formula is C16H17N5O3. The molecule has 1 aliphatic rings. The molecule has 0 saturated heterocycles. The minimum atomic E-state index is -0.457. The van der Waals surface area contributed by atoms with E-state index in [2.05, 4.69) is 21.8 Å². The van der Waals surface area contributed by atoms with Crippen molar-refractivity contribution < 1.29 is 9.72 Å². The number of benzene rings is 1. The van der Waals surface area contributed by atoms with Crippen LogP contribution in [0.2, 0.25) is 0 Å². The molecule has 0 saturated carbocycles. The number of nitro benzene ring substituents is 1. The number of carbonyl (C=O) groups excluding carboxylic acids is 1. The number of nitrogens with one attached hydrogen (secondary N) is 2. The summed E-state index contributed by atoms with van der Waals surface area (Å²) in [5.74, 6) is -0.192. The van der Waals surface area contributed by atoms with Crippen molar-refractivity contribution in [2.75, 3.05) is 19.6 Å². The predicted molar refractivity (Wildman–Crippen MR) is 88.1 cm³/mol. The van der Waals surface area contributed by atoms with Crippen LogP contribution in [0, 0.1) is 10.1 Å². The summed E-state index contributed by atoms with van der Waals surface area (Å²) >= 11 is 0. The van der Waals surface area contributed by atoms with Crippen molar-refractivity contribution in [1.82, 2.24) is 20.4 Å². The number of rotatable bonds is 5. The van der Waals surface area contributed by atoms with Crippen LogP contribution in [0.5, 0.6) is 0 Å². The Bertz CT molecular complexity index is 779. The first kappa shape index (κ1) is 15.9. The van der Waals surface area contributed by atoms with Crippen LogP contribution >= 0.6 is 0 Å². The predicted octanol–water partition coefficient (Wildman–Crippen LogP) is 1.43. The Morgan fingerprint density at radius 1 is 1.38 bits per heavy atom. The van der Waals surface area contributed by atoms with Crippen molar-refractivity contribution in [1.29, 1.82) is 0 Å². The lowest BCUT2D eigenvalue weighted by atomic mass is 10.1. The topological polar surface area (TPSA) is 102 Å². The molecule has 0 unspecified atom stereocenters. The van der Waals surface area contributed by atoms with Gasteiger partial charge in [-0.15, -0.1) is 0 Å². The summed E-state index contributed by atoms with van der Waals surface area (Å²) in [6, 6.07) is 5.99. The molecule has 8 heteroatoms. The van der Waals surface area contributed by atoms with E-state index in [4.69, 9.17) is 0 Å². The Morgan fingerprint density at radius 3 is 2.83 bits per heavy atom. The molecule has 3 rings (SSSR count). The average molecular weight is 327 g/mol. The number of nitro groups is 1. The van der Waals surface area contributed by atoms with E-state index in [1.54, 1.807) is 18.3 Å². The molecule has 0 aliphatic carbocycles. The van der Waals surface area contributed by atoms with Crippen molar-refractivity contribution in [3.05, 3.63) is 64.0 Å². The molecule has 0 fully saturated rings. The smallest absolute Gasteiger partial charge is 0.269 e. The van der Waals surface area contributed by atoms with Gasteiger partial charge in [0.05, 0.1) is 22.4 Å². The van der Waals surface area contributed by atoms with E-state index < -0.39 is 4.92 Å². The number of amides is 1. The van der Waals surface area contributed by atoms with E-state index in [1.807, 2.05) is 0 Å². The van der Waals surface area contributed by atoms with Crippen molar-refractivity contribution in [2.24, 2.45) is 0 Å². The highest BCUT2D eigenvalue weighted by Gasteiger charge is 2.11. The number of aromatic nitrogens is 2. The zero-order valence-electron chi connectivity index (χ0n) is 12.9. The third-order valence-electron chi connectivity index (χ3n) is 3.80. The van der Waals surface area contributed by atoms with E-state index in [1.165, 1.54) is 28.6 Å². The summed E-state index contributed by atoms with van der Waals surface area (Å²) in [4.78, 5) is 22.4. The lowest BCUT2D eigenvalue weighted by molar-refractivity contribution is -0.384. The van der Waals surface area contributed by atoms with E-state index in [-0.39, 0.29) is 11.6 Å². The van der Waals surface area contributed by atoms with Gasteiger partial charge in [-0.05, 0) is 25.1 Å². The minimum absolute atomic E-state index is 0.0131. The second kappa shape index (κ2) is 7.05. The van der Waals surface area contributed by atoms with Gasteiger partial charge in [-0.3, -0.25) is 14.9 Å². The van der Waals surface area contributed by atoms with E-state index >= 15 is 0 Å². The second-order valence-electron chi connectivity index (χ2n) is 5.45. The first-order valence-electron chi connectivity index (χ1n) is 7.60. The van der Waals surface area contributed by atoms with Gasteiger partial charge in [0.1, 0.15) is 0 Å². The molecule has 1 aromatic carbocycles. The second-order valence-corrected chi connectivity index (χ2v) is 5.45. The fourth-order valence-electron chi connectivity index (χ4n) is 2.43. The number of hydrogen-bond acceptors (Lipinski definition) is 5. The fourth-order valence-corrected chi connectivity index (χ4v) is 2.43. The van der Waals surface area contributed by atoms with E-state index in [0.29, 0.717) is 17.8 Å². The average Bonchev–Trinajstić information content (AvgIpc) is 3.11. The number of carbonyl (C=O) groups is 1. The normalized spacial score (nSPS) is 14.1. The quantitative estimate of drug-likeness (QED) is 0.491. The first-order valence-corrected chi connectivity index (χ1v) is 7.60. The zero-order chi connectivity index (χ0) is 16.9. The molecule has 1 aliphatic heterocycles. The van der Waals surface area contributed by atoms with Crippen LogP contribution in [0.3, 0.4) is 0 Å². The molecule has 2 heterocycles. The van der Waals surface area contributed by atoms with Gasteiger partial charge in [-0.25, -0.2) is 4.68 Å². The molecule has 1 amide bonds. The summed E-state index contributed by atoms with van der Waals surface area (Å²) in [5.41, 5.74) is 2.33. The molecule has 1 aromatic heterocycles. The van der Waals surface area contributed by atoms with Crippen LogP contribution in [-0.4, -0.2) is 40.2 Å². The standard InChI is InChI=1S/C16H17N5O3/c22-16(18-9-12-5-7-17-8-6-12)13-10-19-20(11-13)14-1-3-15(4-2-14)21(23)24/h1-5,10-11,17H,6-9H2,(H,18,22). The number of nitrogens with zero attached hydrogens (tertiary/aromatic N) is 3. The van der Waals surface area contributed by atoms with Gasteiger partial charge in [0, 0.05) is 31.4 Å². The van der Waals surface area contributed by atoms with Crippen LogP contribution in [0.25, 0.3) is 5.69 Å². The largest absolute Gasteiger partial charge is 0.348 e. The zero-order valence-corrected chi connectivity index (χ0v) is 12.9. The fraction of sp³-hybridized carbons (Fsp3) is 0.250. The highest BCUT2D eigenvalue weighted by molar-refractivity contribution is 5.93. The van der Waals surface area contributed by atoms with Crippen LogP contribution in [0.1, 0.15) is 16.8 Å². The molecule has 0 bridgehead atoms. The minimum Gasteiger partial charge on any atom is -0.348 e. The van der Waals surface area contributed by atoms with Gasteiger partial charge < -0.3 is 10.6 Å². The maximum atomic E-state index is 12.2. The van der Waals surface area contributed by atoms with Crippen molar-refractivity contribution in [3.8, 4) is 5.69 Å². The lowest BCUT2D eigenvalue weighted by Gasteiger charge is -2.14. The van der Waals surface area contributed by atoms with Crippen LogP contribution in [0.4, 0.5) is 5.69 Å². The van der Waals surface area contributed by atoms with Crippen LogP contribution in [0.15, 0.2) is 48.3 Å². The first-order chi connectivity index (χ1) is 11.6. The summed E-state index contributed by atoms with van der Waals surface area (Å²) in [7, 11) is 0. The van der Waals surface area contributed by atoms with Gasteiger partial charge in [0.25, 0.3) is 11.6 Å². The highest BCUT2D eigenvalue weighted by atomic mass is 16.6.